The average Bonchev–Trinajstić information content (AvgIpc) is 2.70. The summed E-state index contributed by atoms with van der Waals surface area (Å²) in [6, 6.07) is 12.3. The molecule has 0 unspecified atom stereocenters. The van der Waals surface area contributed by atoms with Crippen LogP contribution in [0, 0.1) is 0 Å². The van der Waals surface area contributed by atoms with Gasteiger partial charge in [0, 0.05) is 12.1 Å². The van der Waals surface area contributed by atoms with Gasteiger partial charge in [-0.2, -0.15) is 0 Å². The number of aromatic hydroxyl groups is 1. The predicted molar refractivity (Wildman–Crippen MR) is 105 cm³/mol. The van der Waals surface area contributed by atoms with Crippen molar-refractivity contribution < 1.29 is 19.8 Å². The summed E-state index contributed by atoms with van der Waals surface area (Å²) in [7, 11) is 0. The SMILES string of the molecule is CCCNc1nc2ccc(O)c(C(=O)NCC(=O)O)c2nc1-c1ccccc1. The highest BCUT2D eigenvalue weighted by Crippen LogP contribution is 2.31. The lowest BCUT2D eigenvalue weighted by Crippen LogP contribution is -2.29. The second-order valence-electron chi connectivity index (χ2n) is 6.12. The van der Waals surface area contributed by atoms with Crippen LogP contribution in [-0.2, 0) is 4.79 Å². The minimum absolute atomic E-state index is 0.106. The number of aromatic nitrogens is 2. The maximum absolute atomic E-state index is 12.5. The molecule has 1 aromatic heterocycles. The molecule has 144 valence electrons. The van der Waals surface area contributed by atoms with Crippen LogP contribution in [0.2, 0.25) is 0 Å². The van der Waals surface area contributed by atoms with Crippen molar-refractivity contribution in [3.63, 3.8) is 0 Å². The third-order valence-corrected chi connectivity index (χ3v) is 4.03. The molecule has 3 aromatic rings. The molecule has 0 saturated heterocycles. The van der Waals surface area contributed by atoms with Gasteiger partial charge in [0.1, 0.15) is 29.1 Å². The standard InChI is InChI=1S/C20H20N4O4/c1-2-10-21-19-17(12-6-4-3-5-7-12)24-18-13(23-19)8-9-14(25)16(18)20(28)22-11-15(26)27/h3-9,25H,2,10-11H2,1H3,(H,21,23)(H,22,28)(H,26,27). The molecular formula is C20H20N4O4. The number of rotatable bonds is 7. The first kappa shape index (κ1) is 19.1. The number of carboxylic acid groups (broad SMARTS) is 1. The van der Waals surface area contributed by atoms with Crippen molar-refractivity contribution in [3.05, 3.63) is 48.0 Å². The summed E-state index contributed by atoms with van der Waals surface area (Å²) >= 11 is 0. The molecule has 0 aliphatic carbocycles. The third kappa shape index (κ3) is 4.01. The number of hydrogen-bond acceptors (Lipinski definition) is 6. The highest BCUT2D eigenvalue weighted by molar-refractivity contribution is 6.08. The summed E-state index contributed by atoms with van der Waals surface area (Å²) in [4.78, 5) is 32.4. The number of aliphatic carboxylic acids is 1. The number of fused-ring (bicyclic) bond motifs is 1. The van der Waals surface area contributed by atoms with Crippen LogP contribution in [0.4, 0.5) is 5.82 Å². The van der Waals surface area contributed by atoms with Crippen molar-refractivity contribution in [2.45, 2.75) is 13.3 Å². The number of nitrogens with zero attached hydrogens (tertiary/aromatic N) is 2. The van der Waals surface area contributed by atoms with Gasteiger partial charge in [-0.05, 0) is 18.6 Å². The highest BCUT2D eigenvalue weighted by atomic mass is 16.4. The van der Waals surface area contributed by atoms with Crippen molar-refractivity contribution in [2.75, 3.05) is 18.4 Å². The lowest BCUT2D eigenvalue weighted by molar-refractivity contribution is -0.135. The second kappa shape index (κ2) is 8.34. The van der Waals surface area contributed by atoms with Gasteiger partial charge in [-0.3, -0.25) is 9.59 Å². The Morgan fingerprint density at radius 1 is 1.07 bits per heavy atom. The Hall–Kier alpha value is -3.68. The van der Waals surface area contributed by atoms with Crippen LogP contribution in [0.25, 0.3) is 22.3 Å². The Morgan fingerprint density at radius 3 is 2.50 bits per heavy atom. The van der Waals surface area contributed by atoms with Gasteiger partial charge in [0.15, 0.2) is 5.82 Å². The summed E-state index contributed by atoms with van der Waals surface area (Å²) in [5, 5.41) is 24.5. The Labute approximate surface area is 161 Å². The molecule has 0 radical (unpaired) electrons. The Morgan fingerprint density at radius 2 is 1.82 bits per heavy atom. The van der Waals surface area contributed by atoms with Crippen molar-refractivity contribution in [3.8, 4) is 17.0 Å². The van der Waals surface area contributed by atoms with E-state index in [4.69, 9.17) is 5.11 Å². The van der Waals surface area contributed by atoms with Crippen molar-refractivity contribution >= 4 is 28.7 Å². The van der Waals surface area contributed by atoms with Gasteiger partial charge < -0.3 is 20.8 Å². The highest BCUT2D eigenvalue weighted by Gasteiger charge is 2.20. The van der Waals surface area contributed by atoms with Gasteiger partial charge in [0.25, 0.3) is 5.91 Å². The fraction of sp³-hybridized carbons (Fsp3) is 0.200. The number of anilines is 1. The van der Waals surface area contributed by atoms with Gasteiger partial charge in [-0.15, -0.1) is 0 Å². The number of carboxylic acids is 1. The zero-order valence-electron chi connectivity index (χ0n) is 15.3. The van der Waals surface area contributed by atoms with Gasteiger partial charge >= 0.3 is 5.97 Å². The van der Waals surface area contributed by atoms with E-state index in [-0.39, 0.29) is 16.8 Å². The van der Waals surface area contributed by atoms with Crippen LogP contribution in [-0.4, -0.2) is 45.1 Å². The van der Waals surface area contributed by atoms with Crippen LogP contribution in [0.5, 0.6) is 5.75 Å². The number of carbonyl (C=O) groups is 2. The number of hydrogen-bond donors (Lipinski definition) is 4. The van der Waals surface area contributed by atoms with Gasteiger partial charge in [-0.25, -0.2) is 9.97 Å². The molecule has 8 nitrogen and oxygen atoms in total. The Balaban J connectivity index is 2.18. The van der Waals surface area contributed by atoms with E-state index < -0.39 is 18.4 Å². The lowest BCUT2D eigenvalue weighted by Gasteiger charge is -2.14. The molecule has 0 aliphatic heterocycles. The van der Waals surface area contributed by atoms with E-state index >= 15 is 0 Å². The summed E-state index contributed by atoms with van der Waals surface area (Å²) in [5.41, 5.74) is 1.85. The number of nitrogens with one attached hydrogen (secondary N) is 2. The monoisotopic (exact) mass is 380 g/mol. The molecular weight excluding hydrogens is 360 g/mol. The molecule has 0 bridgehead atoms. The summed E-state index contributed by atoms with van der Waals surface area (Å²) in [6.07, 6.45) is 0.895. The molecule has 0 spiro atoms. The van der Waals surface area contributed by atoms with Crippen LogP contribution in [0.1, 0.15) is 23.7 Å². The number of amides is 1. The number of phenolic OH excluding ortho intramolecular Hbond substituents is 1. The Bertz CT molecular complexity index is 1020. The summed E-state index contributed by atoms with van der Waals surface area (Å²) < 4.78 is 0. The van der Waals surface area contributed by atoms with E-state index in [1.807, 2.05) is 37.3 Å². The van der Waals surface area contributed by atoms with Crippen molar-refractivity contribution in [1.82, 2.24) is 15.3 Å². The van der Waals surface area contributed by atoms with E-state index in [2.05, 4.69) is 20.6 Å². The molecule has 28 heavy (non-hydrogen) atoms. The fourth-order valence-corrected chi connectivity index (χ4v) is 2.74. The quantitative estimate of drug-likeness (QED) is 0.497. The topological polar surface area (TPSA) is 124 Å². The molecule has 0 aliphatic rings. The molecule has 3 rings (SSSR count). The molecule has 4 N–H and O–H groups in total. The zero-order chi connectivity index (χ0) is 20.1. The predicted octanol–water partition coefficient (Wildman–Crippen LogP) is 2.64. The molecule has 0 saturated carbocycles. The smallest absolute Gasteiger partial charge is 0.322 e. The van der Waals surface area contributed by atoms with Crippen molar-refractivity contribution in [1.29, 1.82) is 0 Å². The second-order valence-corrected chi connectivity index (χ2v) is 6.12. The van der Waals surface area contributed by atoms with Crippen LogP contribution in [0.3, 0.4) is 0 Å². The maximum atomic E-state index is 12.5. The molecule has 8 heteroatoms. The zero-order valence-corrected chi connectivity index (χ0v) is 15.3. The largest absolute Gasteiger partial charge is 0.507 e. The van der Waals surface area contributed by atoms with Gasteiger partial charge in [0.05, 0.1) is 5.52 Å². The molecule has 0 atom stereocenters. The molecule has 2 aromatic carbocycles. The van der Waals surface area contributed by atoms with E-state index in [0.29, 0.717) is 23.6 Å². The number of carbonyl (C=O) groups excluding carboxylic acids is 1. The number of benzene rings is 2. The van der Waals surface area contributed by atoms with Crippen LogP contribution < -0.4 is 10.6 Å². The van der Waals surface area contributed by atoms with E-state index in [9.17, 15) is 14.7 Å². The van der Waals surface area contributed by atoms with Gasteiger partial charge in [0.2, 0.25) is 0 Å². The lowest BCUT2D eigenvalue weighted by atomic mass is 10.1. The number of phenols is 1. The average molecular weight is 380 g/mol. The minimum atomic E-state index is -1.19. The first-order valence-corrected chi connectivity index (χ1v) is 8.84. The van der Waals surface area contributed by atoms with Crippen LogP contribution >= 0.6 is 0 Å². The van der Waals surface area contributed by atoms with Gasteiger partial charge in [-0.1, -0.05) is 37.3 Å². The van der Waals surface area contributed by atoms with Crippen LogP contribution in [0.15, 0.2) is 42.5 Å². The maximum Gasteiger partial charge on any atom is 0.322 e. The first-order chi connectivity index (χ1) is 13.5. The molecule has 1 heterocycles. The van der Waals surface area contributed by atoms with E-state index in [0.717, 1.165) is 12.0 Å². The molecule has 1 amide bonds. The molecule has 0 fully saturated rings. The summed E-state index contributed by atoms with van der Waals surface area (Å²) in [6.45, 7) is 2.17. The fourth-order valence-electron chi connectivity index (χ4n) is 2.74. The normalized spacial score (nSPS) is 10.6. The minimum Gasteiger partial charge on any atom is -0.507 e. The summed E-state index contributed by atoms with van der Waals surface area (Å²) in [5.74, 6) is -1.63. The van der Waals surface area contributed by atoms with Crippen molar-refractivity contribution in [2.24, 2.45) is 0 Å². The third-order valence-electron chi connectivity index (χ3n) is 4.03. The van der Waals surface area contributed by atoms with E-state index in [1.165, 1.54) is 6.07 Å². The Kier molecular flexibility index (Phi) is 5.69. The first-order valence-electron chi connectivity index (χ1n) is 8.84. The van der Waals surface area contributed by atoms with E-state index in [1.54, 1.807) is 6.07 Å².